The molecule has 0 saturated carbocycles. The minimum atomic E-state index is -1.13. The number of carboxylic acid groups (broad SMARTS) is 1. The summed E-state index contributed by atoms with van der Waals surface area (Å²) in [6, 6.07) is 7.36. The Labute approximate surface area is 119 Å². The Hall–Kier alpha value is -2.41. The second-order valence-electron chi connectivity index (χ2n) is 3.87. The van der Waals surface area contributed by atoms with E-state index in [1.54, 1.807) is 41.9 Å². The Balaban J connectivity index is 1.94. The molecule has 0 aliphatic heterocycles. The fraction of sp³-hybridized carbons (Fsp3) is 0.154. The molecule has 1 amide bonds. The van der Waals surface area contributed by atoms with Gasteiger partial charge in [0.05, 0.1) is 5.01 Å². The van der Waals surface area contributed by atoms with Crippen LogP contribution in [0.3, 0.4) is 0 Å². The maximum Gasteiger partial charge on any atom is 0.413 e. The first kappa shape index (κ1) is 14.0. The minimum absolute atomic E-state index is 0.122. The summed E-state index contributed by atoms with van der Waals surface area (Å²) in [6.45, 7) is 0. The maximum absolute atomic E-state index is 11.6. The molecule has 2 aromatic rings. The van der Waals surface area contributed by atoms with Gasteiger partial charge in [0.15, 0.2) is 0 Å². The number of rotatable bonds is 5. The number of hydrogen-bond donors (Lipinski definition) is 2. The van der Waals surface area contributed by atoms with E-state index in [0.717, 1.165) is 0 Å². The third-order valence-electron chi connectivity index (χ3n) is 2.41. The number of nitrogens with one attached hydrogen (secondary N) is 1. The zero-order valence-corrected chi connectivity index (χ0v) is 11.2. The summed E-state index contributed by atoms with van der Waals surface area (Å²) in [6.07, 6.45) is 0.901. The Bertz CT molecular complexity index is 571. The molecule has 7 heteroatoms. The molecule has 6 nitrogen and oxygen atoms in total. The lowest BCUT2D eigenvalue weighted by molar-refractivity contribution is -0.139. The zero-order valence-electron chi connectivity index (χ0n) is 10.4. The van der Waals surface area contributed by atoms with Gasteiger partial charge in [-0.05, 0) is 12.1 Å². The van der Waals surface area contributed by atoms with Crippen LogP contribution in [0.4, 0.5) is 4.79 Å². The van der Waals surface area contributed by atoms with E-state index >= 15 is 0 Å². The van der Waals surface area contributed by atoms with Crippen molar-refractivity contribution in [2.45, 2.75) is 12.5 Å². The SMILES string of the molecule is O=C(NC(Cc1nccs1)C(=O)O)Oc1ccccc1. The predicted molar refractivity (Wildman–Crippen MR) is 72.8 cm³/mol. The van der Waals surface area contributed by atoms with E-state index in [1.807, 2.05) is 0 Å². The Kier molecular flexibility index (Phi) is 4.67. The minimum Gasteiger partial charge on any atom is -0.480 e. The Morgan fingerprint density at radius 1 is 1.35 bits per heavy atom. The third kappa shape index (κ3) is 4.06. The summed E-state index contributed by atoms with van der Waals surface area (Å²) in [5, 5.41) is 13.8. The van der Waals surface area contributed by atoms with Gasteiger partial charge in [-0.15, -0.1) is 11.3 Å². The highest BCUT2D eigenvalue weighted by molar-refractivity contribution is 7.09. The van der Waals surface area contributed by atoms with Crippen molar-refractivity contribution in [2.75, 3.05) is 0 Å². The van der Waals surface area contributed by atoms with E-state index in [4.69, 9.17) is 9.84 Å². The van der Waals surface area contributed by atoms with Crippen LogP contribution in [0.15, 0.2) is 41.9 Å². The number of amides is 1. The van der Waals surface area contributed by atoms with Crippen LogP contribution in [-0.2, 0) is 11.2 Å². The first-order chi connectivity index (χ1) is 9.65. The summed E-state index contributed by atoms with van der Waals surface area (Å²) in [5.74, 6) is -0.784. The van der Waals surface area contributed by atoms with Crippen molar-refractivity contribution >= 4 is 23.4 Å². The van der Waals surface area contributed by atoms with Gasteiger partial charge in [-0.3, -0.25) is 0 Å². The van der Waals surface area contributed by atoms with E-state index in [9.17, 15) is 9.59 Å². The average molecular weight is 292 g/mol. The van der Waals surface area contributed by atoms with Gasteiger partial charge >= 0.3 is 12.1 Å². The normalized spacial score (nSPS) is 11.6. The number of aliphatic carboxylic acids is 1. The highest BCUT2D eigenvalue weighted by Gasteiger charge is 2.22. The Morgan fingerprint density at radius 3 is 2.70 bits per heavy atom. The molecule has 1 unspecified atom stereocenters. The summed E-state index contributed by atoms with van der Waals surface area (Å²) in [4.78, 5) is 26.8. The summed E-state index contributed by atoms with van der Waals surface area (Å²) in [5.41, 5.74) is 0. The molecule has 1 aromatic carbocycles. The molecular weight excluding hydrogens is 280 g/mol. The summed E-state index contributed by atoms with van der Waals surface area (Å²) in [7, 11) is 0. The molecule has 0 fully saturated rings. The van der Waals surface area contributed by atoms with Crippen LogP contribution >= 0.6 is 11.3 Å². The molecule has 0 bridgehead atoms. The molecule has 1 aromatic heterocycles. The molecule has 0 saturated heterocycles. The quantitative estimate of drug-likeness (QED) is 0.879. The highest BCUT2D eigenvalue weighted by atomic mass is 32.1. The van der Waals surface area contributed by atoms with Crippen molar-refractivity contribution in [2.24, 2.45) is 0 Å². The van der Waals surface area contributed by atoms with Gasteiger partial charge in [0, 0.05) is 18.0 Å². The molecular formula is C13H12N2O4S. The van der Waals surface area contributed by atoms with Crippen LogP contribution < -0.4 is 10.1 Å². The molecule has 1 heterocycles. The van der Waals surface area contributed by atoms with Crippen molar-refractivity contribution in [3.63, 3.8) is 0 Å². The molecule has 2 rings (SSSR count). The number of nitrogens with zero attached hydrogens (tertiary/aromatic N) is 1. The first-order valence-electron chi connectivity index (χ1n) is 5.79. The van der Waals surface area contributed by atoms with Gasteiger partial charge in [-0.2, -0.15) is 0 Å². The van der Waals surface area contributed by atoms with Crippen LogP contribution in [0.25, 0.3) is 0 Å². The van der Waals surface area contributed by atoms with Gasteiger partial charge in [-0.1, -0.05) is 18.2 Å². The zero-order chi connectivity index (χ0) is 14.4. The molecule has 104 valence electrons. The molecule has 20 heavy (non-hydrogen) atoms. The van der Waals surface area contributed by atoms with Gasteiger partial charge in [0.25, 0.3) is 0 Å². The van der Waals surface area contributed by atoms with Crippen LogP contribution in [0.2, 0.25) is 0 Å². The molecule has 0 radical (unpaired) electrons. The van der Waals surface area contributed by atoms with Crippen molar-refractivity contribution < 1.29 is 19.4 Å². The van der Waals surface area contributed by atoms with Gasteiger partial charge in [-0.25, -0.2) is 14.6 Å². The van der Waals surface area contributed by atoms with E-state index in [2.05, 4.69) is 10.3 Å². The first-order valence-corrected chi connectivity index (χ1v) is 6.67. The second kappa shape index (κ2) is 6.67. The lowest BCUT2D eigenvalue weighted by Crippen LogP contribution is -2.43. The monoisotopic (exact) mass is 292 g/mol. The largest absolute Gasteiger partial charge is 0.480 e. The van der Waals surface area contributed by atoms with Crippen molar-refractivity contribution in [1.82, 2.24) is 10.3 Å². The smallest absolute Gasteiger partial charge is 0.413 e. The Morgan fingerprint density at radius 2 is 2.10 bits per heavy atom. The third-order valence-corrected chi connectivity index (χ3v) is 3.21. The number of carboxylic acids is 1. The average Bonchev–Trinajstić information content (AvgIpc) is 2.92. The molecule has 2 N–H and O–H groups in total. The molecule has 1 atom stereocenters. The molecule has 0 aliphatic carbocycles. The van der Waals surface area contributed by atoms with Gasteiger partial charge < -0.3 is 15.2 Å². The number of ether oxygens (including phenoxy) is 1. The van der Waals surface area contributed by atoms with Crippen LogP contribution in [0.1, 0.15) is 5.01 Å². The number of hydrogen-bond acceptors (Lipinski definition) is 5. The van der Waals surface area contributed by atoms with E-state index in [1.165, 1.54) is 11.3 Å². The topological polar surface area (TPSA) is 88.5 Å². The number of para-hydroxylation sites is 1. The van der Waals surface area contributed by atoms with Crippen molar-refractivity contribution in [3.05, 3.63) is 46.9 Å². The number of carbonyl (C=O) groups is 2. The van der Waals surface area contributed by atoms with Crippen LogP contribution in [0, 0.1) is 0 Å². The predicted octanol–water partition coefficient (Wildman–Crippen LogP) is 1.93. The number of thiazole rings is 1. The molecule has 0 spiro atoms. The lowest BCUT2D eigenvalue weighted by Gasteiger charge is -2.13. The fourth-order valence-electron chi connectivity index (χ4n) is 1.50. The highest BCUT2D eigenvalue weighted by Crippen LogP contribution is 2.10. The lowest BCUT2D eigenvalue weighted by atomic mass is 10.2. The maximum atomic E-state index is 11.6. The summed E-state index contributed by atoms with van der Waals surface area (Å²) < 4.78 is 4.98. The van der Waals surface area contributed by atoms with Crippen LogP contribution in [0.5, 0.6) is 5.75 Å². The van der Waals surface area contributed by atoms with E-state index < -0.39 is 18.1 Å². The van der Waals surface area contributed by atoms with E-state index in [0.29, 0.717) is 10.8 Å². The number of carbonyl (C=O) groups excluding carboxylic acids is 1. The standard InChI is InChI=1S/C13H12N2O4S/c16-12(17)10(8-11-14-6-7-20-11)15-13(18)19-9-4-2-1-3-5-9/h1-7,10H,8H2,(H,15,18)(H,16,17). The van der Waals surface area contributed by atoms with Crippen molar-refractivity contribution in [1.29, 1.82) is 0 Å². The number of benzene rings is 1. The van der Waals surface area contributed by atoms with E-state index in [-0.39, 0.29) is 6.42 Å². The molecule has 0 aliphatic rings. The summed E-state index contributed by atoms with van der Waals surface area (Å²) >= 11 is 1.33. The van der Waals surface area contributed by atoms with Gasteiger partial charge in [0.2, 0.25) is 0 Å². The second-order valence-corrected chi connectivity index (χ2v) is 4.85. The van der Waals surface area contributed by atoms with Crippen LogP contribution in [-0.4, -0.2) is 28.2 Å². The van der Waals surface area contributed by atoms with Crippen molar-refractivity contribution in [3.8, 4) is 5.75 Å². The van der Waals surface area contributed by atoms with Gasteiger partial charge in [0.1, 0.15) is 11.8 Å². The fourth-order valence-corrected chi connectivity index (χ4v) is 2.16. The number of aromatic nitrogens is 1.